The molecular formula is C26H44O3. The van der Waals surface area contributed by atoms with Crippen LogP contribution in [-0.2, 0) is 0 Å². The fourth-order valence-electron chi connectivity index (χ4n) is 4.04. The Balaban J connectivity index is 2.10. The molecular weight excluding hydrogens is 360 g/mol. The van der Waals surface area contributed by atoms with Crippen molar-refractivity contribution in [1.29, 1.82) is 0 Å². The number of benzene rings is 1. The first-order valence-electron chi connectivity index (χ1n) is 11.9. The Morgan fingerprint density at radius 1 is 0.828 bits per heavy atom. The van der Waals surface area contributed by atoms with Crippen LogP contribution in [0.5, 0.6) is 11.5 Å². The number of methoxy groups -OCH3 is 1. The molecule has 0 spiro atoms. The Labute approximate surface area is 179 Å². The summed E-state index contributed by atoms with van der Waals surface area (Å²) in [5, 5.41) is 10.4. The van der Waals surface area contributed by atoms with E-state index in [1.807, 2.05) is 13.0 Å². The van der Waals surface area contributed by atoms with Crippen molar-refractivity contribution in [2.75, 3.05) is 7.11 Å². The van der Waals surface area contributed by atoms with Crippen LogP contribution < -0.4 is 4.74 Å². The highest BCUT2D eigenvalue weighted by Gasteiger charge is 2.18. The minimum Gasteiger partial charge on any atom is -0.507 e. The van der Waals surface area contributed by atoms with Crippen LogP contribution >= 0.6 is 0 Å². The average Bonchev–Trinajstić information content (AvgIpc) is 2.71. The smallest absolute Gasteiger partial charge is 0.166 e. The molecule has 0 bridgehead atoms. The Morgan fingerprint density at radius 2 is 1.28 bits per heavy atom. The normalized spacial score (nSPS) is 11.0. The van der Waals surface area contributed by atoms with Crippen molar-refractivity contribution in [3.05, 3.63) is 22.8 Å². The molecule has 0 saturated carbocycles. The SMILES string of the molecule is CCCCCCCCCCCCCCCCC(=O)c1c(C)cc(OC)c(C)c1O. The van der Waals surface area contributed by atoms with Gasteiger partial charge in [0.25, 0.3) is 0 Å². The number of Topliss-reactive ketones (excluding diaryl/α,β-unsaturated/α-hetero) is 1. The van der Waals surface area contributed by atoms with Gasteiger partial charge in [-0.25, -0.2) is 0 Å². The number of aryl methyl sites for hydroxylation is 1. The molecule has 29 heavy (non-hydrogen) atoms. The van der Waals surface area contributed by atoms with E-state index in [-0.39, 0.29) is 11.5 Å². The van der Waals surface area contributed by atoms with Crippen LogP contribution in [-0.4, -0.2) is 18.0 Å². The number of hydrogen-bond donors (Lipinski definition) is 1. The van der Waals surface area contributed by atoms with E-state index in [4.69, 9.17) is 4.74 Å². The molecule has 1 N–H and O–H groups in total. The largest absolute Gasteiger partial charge is 0.507 e. The number of aromatic hydroxyl groups is 1. The molecule has 0 unspecified atom stereocenters. The fraction of sp³-hybridized carbons (Fsp3) is 0.731. The van der Waals surface area contributed by atoms with Crippen LogP contribution in [0.25, 0.3) is 0 Å². The van der Waals surface area contributed by atoms with Gasteiger partial charge in [-0.1, -0.05) is 90.4 Å². The highest BCUT2D eigenvalue weighted by molar-refractivity contribution is 6.00. The van der Waals surface area contributed by atoms with Gasteiger partial charge in [-0.15, -0.1) is 0 Å². The Kier molecular flexibility index (Phi) is 13.5. The zero-order chi connectivity index (χ0) is 21.5. The summed E-state index contributed by atoms with van der Waals surface area (Å²) < 4.78 is 5.26. The van der Waals surface area contributed by atoms with Crippen LogP contribution in [0, 0.1) is 13.8 Å². The number of ketones is 1. The van der Waals surface area contributed by atoms with E-state index in [1.165, 1.54) is 77.0 Å². The van der Waals surface area contributed by atoms with Gasteiger partial charge >= 0.3 is 0 Å². The summed E-state index contributed by atoms with van der Waals surface area (Å²) in [7, 11) is 1.58. The first-order chi connectivity index (χ1) is 14.0. The highest BCUT2D eigenvalue weighted by atomic mass is 16.5. The molecule has 1 rings (SSSR count). The van der Waals surface area contributed by atoms with E-state index in [1.54, 1.807) is 14.0 Å². The highest BCUT2D eigenvalue weighted by Crippen LogP contribution is 2.34. The quantitative estimate of drug-likeness (QED) is 0.211. The monoisotopic (exact) mass is 404 g/mol. The van der Waals surface area contributed by atoms with Gasteiger partial charge in [0, 0.05) is 12.0 Å². The minimum absolute atomic E-state index is 0.0460. The van der Waals surface area contributed by atoms with Gasteiger partial charge in [0.05, 0.1) is 12.7 Å². The molecule has 0 saturated heterocycles. The van der Waals surface area contributed by atoms with Crippen molar-refractivity contribution >= 4 is 5.78 Å². The number of rotatable bonds is 17. The maximum absolute atomic E-state index is 12.6. The molecule has 0 radical (unpaired) electrons. The van der Waals surface area contributed by atoms with E-state index in [9.17, 15) is 9.90 Å². The number of carbonyl (C=O) groups excluding carboxylic acids is 1. The van der Waals surface area contributed by atoms with Crippen LogP contribution in [0.15, 0.2) is 6.07 Å². The van der Waals surface area contributed by atoms with Crippen LogP contribution in [0.3, 0.4) is 0 Å². The molecule has 0 aromatic heterocycles. The van der Waals surface area contributed by atoms with Gasteiger partial charge in [-0.05, 0) is 31.9 Å². The maximum Gasteiger partial charge on any atom is 0.166 e. The molecule has 0 fully saturated rings. The molecule has 0 atom stereocenters. The standard InChI is InChI=1S/C26H44O3/c1-5-6-7-8-9-10-11-12-13-14-15-16-17-18-19-23(27)25-21(2)20-24(29-4)22(3)26(25)28/h20,28H,5-19H2,1-4H3. The van der Waals surface area contributed by atoms with Crippen LogP contribution in [0.2, 0.25) is 0 Å². The van der Waals surface area contributed by atoms with Crippen LogP contribution in [0.1, 0.15) is 125 Å². The second-order valence-electron chi connectivity index (χ2n) is 8.51. The summed E-state index contributed by atoms with van der Waals surface area (Å²) in [5.41, 5.74) is 1.90. The zero-order valence-corrected chi connectivity index (χ0v) is 19.4. The van der Waals surface area contributed by atoms with E-state index in [0.717, 1.165) is 18.4 Å². The molecule has 3 heteroatoms. The minimum atomic E-state index is 0.0460. The second kappa shape index (κ2) is 15.3. The predicted octanol–water partition coefficient (Wildman–Crippen LogP) is 8.07. The van der Waals surface area contributed by atoms with E-state index >= 15 is 0 Å². The number of ether oxygens (including phenoxy) is 1. The summed E-state index contributed by atoms with van der Waals surface area (Å²) in [6.45, 7) is 5.92. The lowest BCUT2D eigenvalue weighted by Gasteiger charge is -2.13. The van der Waals surface area contributed by atoms with Crippen molar-refractivity contribution in [3.63, 3.8) is 0 Å². The topological polar surface area (TPSA) is 46.5 Å². The van der Waals surface area contributed by atoms with Crippen molar-refractivity contribution < 1.29 is 14.6 Å². The third-order valence-electron chi connectivity index (χ3n) is 5.96. The molecule has 166 valence electrons. The number of phenolic OH excluding ortho intramolecular Hbond substituents is 1. The van der Waals surface area contributed by atoms with E-state index in [2.05, 4.69) is 6.92 Å². The summed E-state index contributed by atoms with van der Waals surface area (Å²) in [4.78, 5) is 12.6. The van der Waals surface area contributed by atoms with Gasteiger partial charge in [-0.2, -0.15) is 0 Å². The van der Waals surface area contributed by atoms with Gasteiger partial charge in [-0.3, -0.25) is 4.79 Å². The third kappa shape index (κ3) is 9.69. The zero-order valence-electron chi connectivity index (χ0n) is 19.4. The molecule has 0 aliphatic heterocycles. The maximum atomic E-state index is 12.6. The molecule has 0 heterocycles. The summed E-state index contributed by atoms with van der Waals surface area (Å²) in [6.07, 6.45) is 18.8. The Morgan fingerprint density at radius 3 is 1.72 bits per heavy atom. The summed E-state index contributed by atoms with van der Waals surface area (Å²) in [6, 6.07) is 1.84. The Hall–Kier alpha value is -1.51. The van der Waals surface area contributed by atoms with Crippen molar-refractivity contribution in [2.45, 2.75) is 117 Å². The predicted molar refractivity (Wildman–Crippen MR) is 123 cm³/mol. The number of carbonyl (C=O) groups is 1. The van der Waals surface area contributed by atoms with E-state index in [0.29, 0.717) is 23.3 Å². The van der Waals surface area contributed by atoms with E-state index < -0.39 is 0 Å². The van der Waals surface area contributed by atoms with Crippen molar-refractivity contribution in [2.24, 2.45) is 0 Å². The lowest BCUT2D eigenvalue weighted by atomic mass is 9.96. The number of hydrogen-bond acceptors (Lipinski definition) is 3. The summed E-state index contributed by atoms with van der Waals surface area (Å²) >= 11 is 0. The van der Waals surface area contributed by atoms with Crippen molar-refractivity contribution in [1.82, 2.24) is 0 Å². The lowest BCUT2D eigenvalue weighted by Crippen LogP contribution is -2.04. The molecule has 0 amide bonds. The number of unbranched alkanes of at least 4 members (excludes halogenated alkanes) is 13. The van der Waals surface area contributed by atoms with Crippen molar-refractivity contribution in [3.8, 4) is 11.5 Å². The van der Waals surface area contributed by atoms with Gasteiger partial charge in [0.2, 0.25) is 0 Å². The van der Waals surface area contributed by atoms with Gasteiger partial charge in [0.1, 0.15) is 11.5 Å². The molecule has 1 aromatic rings. The lowest BCUT2D eigenvalue weighted by molar-refractivity contribution is 0.0975. The van der Waals surface area contributed by atoms with Gasteiger partial charge in [0.15, 0.2) is 5.78 Å². The number of phenols is 1. The average molecular weight is 405 g/mol. The molecule has 0 aliphatic carbocycles. The van der Waals surface area contributed by atoms with Gasteiger partial charge < -0.3 is 9.84 Å². The molecule has 0 aliphatic rings. The summed E-state index contributed by atoms with van der Waals surface area (Å²) in [5.74, 6) is 0.759. The molecule has 3 nitrogen and oxygen atoms in total. The second-order valence-corrected chi connectivity index (χ2v) is 8.51. The first-order valence-corrected chi connectivity index (χ1v) is 11.9. The first kappa shape index (κ1) is 25.5. The Bertz CT molecular complexity index is 592. The fourth-order valence-corrected chi connectivity index (χ4v) is 4.04. The third-order valence-corrected chi connectivity index (χ3v) is 5.96. The molecule has 1 aromatic carbocycles. The van der Waals surface area contributed by atoms with Crippen LogP contribution in [0.4, 0.5) is 0 Å².